The molecule has 0 radical (unpaired) electrons. The molecule has 0 amide bonds. The molecule has 3 nitrogen and oxygen atoms in total. The zero-order chi connectivity index (χ0) is 10.8. The third-order valence-electron chi connectivity index (χ3n) is 2.05. The number of hydrogen-bond donors (Lipinski definition) is 1. The lowest BCUT2D eigenvalue weighted by Crippen LogP contribution is -1.99. The Balaban J connectivity index is 2.49. The Morgan fingerprint density at radius 3 is 2.87 bits per heavy atom. The molecule has 78 valence electrons. The van der Waals surface area contributed by atoms with Crippen LogP contribution in [0, 0.1) is 0 Å². The second kappa shape index (κ2) is 4.35. The van der Waals surface area contributed by atoms with E-state index in [4.69, 9.17) is 17.3 Å². The van der Waals surface area contributed by atoms with Gasteiger partial charge in [-0.15, -0.1) is 0 Å². The molecule has 0 aliphatic carbocycles. The van der Waals surface area contributed by atoms with Crippen LogP contribution in [0.15, 0.2) is 35.1 Å². The summed E-state index contributed by atoms with van der Waals surface area (Å²) >= 11 is 9.36. The number of hydrogen-bond acceptors (Lipinski definition) is 2. The highest BCUT2D eigenvalue weighted by atomic mass is 79.9. The molecule has 2 rings (SSSR count). The van der Waals surface area contributed by atoms with Gasteiger partial charge in [0.25, 0.3) is 0 Å². The van der Waals surface area contributed by atoms with Crippen LogP contribution >= 0.6 is 27.5 Å². The van der Waals surface area contributed by atoms with Crippen LogP contribution in [0.2, 0.25) is 5.02 Å². The van der Waals surface area contributed by atoms with Crippen LogP contribution in [0.3, 0.4) is 0 Å². The van der Waals surface area contributed by atoms with Gasteiger partial charge in [-0.05, 0) is 34.1 Å². The number of benzene rings is 1. The van der Waals surface area contributed by atoms with Crippen molar-refractivity contribution in [1.29, 1.82) is 0 Å². The SMILES string of the molecule is NCc1cnn(-c2cccc(Cl)c2)c1Br. The molecule has 1 aromatic carbocycles. The van der Waals surface area contributed by atoms with Gasteiger partial charge in [-0.25, -0.2) is 4.68 Å². The molecular weight excluding hydrogens is 277 g/mol. The van der Waals surface area contributed by atoms with Crippen molar-refractivity contribution in [1.82, 2.24) is 9.78 Å². The van der Waals surface area contributed by atoms with E-state index in [0.717, 1.165) is 15.9 Å². The molecular formula is C10H9BrClN3. The molecule has 5 heteroatoms. The average Bonchev–Trinajstić information content (AvgIpc) is 2.59. The van der Waals surface area contributed by atoms with E-state index in [1.807, 2.05) is 24.3 Å². The van der Waals surface area contributed by atoms with Gasteiger partial charge in [-0.1, -0.05) is 17.7 Å². The molecule has 15 heavy (non-hydrogen) atoms. The molecule has 1 aromatic heterocycles. The molecule has 0 saturated carbocycles. The molecule has 0 saturated heterocycles. The van der Waals surface area contributed by atoms with E-state index in [2.05, 4.69) is 21.0 Å². The van der Waals surface area contributed by atoms with Crippen LogP contribution in [0.5, 0.6) is 0 Å². The Labute approximate surface area is 101 Å². The van der Waals surface area contributed by atoms with E-state index in [1.54, 1.807) is 10.9 Å². The summed E-state index contributed by atoms with van der Waals surface area (Å²) in [5.41, 5.74) is 7.44. The summed E-state index contributed by atoms with van der Waals surface area (Å²) in [5.74, 6) is 0. The van der Waals surface area contributed by atoms with Gasteiger partial charge >= 0.3 is 0 Å². The summed E-state index contributed by atoms with van der Waals surface area (Å²) in [4.78, 5) is 0. The van der Waals surface area contributed by atoms with E-state index >= 15 is 0 Å². The Morgan fingerprint density at radius 2 is 2.27 bits per heavy atom. The second-order valence-electron chi connectivity index (χ2n) is 3.06. The summed E-state index contributed by atoms with van der Waals surface area (Å²) in [6, 6.07) is 7.49. The van der Waals surface area contributed by atoms with Crippen molar-refractivity contribution in [2.75, 3.05) is 0 Å². The van der Waals surface area contributed by atoms with E-state index in [1.165, 1.54) is 0 Å². The minimum Gasteiger partial charge on any atom is -0.326 e. The van der Waals surface area contributed by atoms with E-state index in [9.17, 15) is 0 Å². The topological polar surface area (TPSA) is 43.8 Å². The van der Waals surface area contributed by atoms with Crippen LogP contribution < -0.4 is 5.73 Å². The fraction of sp³-hybridized carbons (Fsp3) is 0.100. The maximum atomic E-state index is 5.91. The monoisotopic (exact) mass is 285 g/mol. The normalized spacial score (nSPS) is 10.6. The first kappa shape index (κ1) is 10.7. The van der Waals surface area contributed by atoms with Gasteiger partial charge < -0.3 is 5.73 Å². The first-order valence-corrected chi connectivity index (χ1v) is 5.58. The highest BCUT2D eigenvalue weighted by molar-refractivity contribution is 9.10. The van der Waals surface area contributed by atoms with Crippen molar-refractivity contribution in [3.05, 3.63) is 45.7 Å². The van der Waals surface area contributed by atoms with E-state index in [-0.39, 0.29) is 0 Å². The van der Waals surface area contributed by atoms with Gasteiger partial charge in [0.05, 0.1) is 11.9 Å². The van der Waals surface area contributed by atoms with Crippen molar-refractivity contribution < 1.29 is 0 Å². The van der Waals surface area contributed by atoms with Gasteiger partial charge in [0.1, 0.15) is 4.60 Å². The molecule has 0 aliphatic heterocycles. The molecule has 0 bridgehead atoms. The van der Waals surface area contributed by atoms with Crippen molar-refractivity contribution in [3.8, 4) is 5.69 Å². The zero-order valence-corrected chi connectivity index (χ0v) is 10.2. The number of halogens is 2. The zero-order valence-electron chi connectivity index (χ0n) is 7.82. The standard InChI is InChI=1S/C10H9BrClN3/c11-10-7(5-13)6-14-15(10)9-3-1-2-8(12)4-9/h1-4,6H,5,13H2. The Kier molecular flexibility index (Phi) is 3.09. The number of aromatic nitrogens is 2. The summed E-state index contributed by atoms with van der Waals surface area (Å²) in [6.45, 7) is 0.459. The predicted molar refractivity (Wildman–Crippen MR) is 64.2 cm³/mol. The molecule has 0 spiro atoms. The van der Waals surface area contributed by atoms with Gasteiger partial charge in [0, 0.05) is 17.1 Å². The third-order valence-corrected chi connectivity index (χ3v) is 3.13. The van der Waals surface area contributed by atoms with Gasteiger partial charge in [-0.2, -0.15) is 5.10 Å². The summed E-state index contributed by atoms with van der Waals surface area (Å²) < 4.78 is 2.63. The van der Waals surface area contributed by atoms with Gasteiger partial charge in [0.15, 0.2) is 0 Å². The first-order chi connectivity index (χ1) is 7.22. The number of nitrogens with two attached hydrogens (primary N) is 1. The molecule has 0 fully saturated rings. The molecule has 2 N–H and O–H groups in total. The number of rotatable bonds is 2. The highest BCUT2D eigenvalue weighted by Gasteiger charge is 2.07. The van der Waals surface area contributed by atoms with Crippen molar-refractivity contribution >= 4 is 27.5 Å². The van der Waals surface area contributed by atoms with E-state index in [0.29, 0.717) is 11.6 Å². The van der Waals surface area contributed by atoms with Crippen LogP contribution in [0.25, 0.3) is 5.69 Å². The van der Waals surface area contributed by atoms with Crippen molar-refractivity contribution in [2.24, 2.45) is 5.73 Å². The van der Waals surface area contributed by atoms with E-state index < -0.39 is 0 Å². The quantitative estimate of drug-likeness (QED) is 0.922. The molecule has 0 atom stereocenters. The lowest BCUT2D eigenvalue weighted by Gasteiger charge is -2.03. The smallest absolute Gasteiger partial charge is 0.114 e. The minimum atomic E-state index is 0.459. The molecule has 2 aromatic rings. The third kappa shape index (κ3) is 2.07. The predicted octanol–water partition coefficient (Wildman–Crippen LogP) is 2.75. The van der Waals surface area contributed by atoms with Crippen molar-refractivity contribution in [2.45, 2.75) is 6.54 Å². The van der Waals surface area contributed by atoms with Crippen LogP contribution in [0.4, 0.5) is 0 Å². The molecule has 0 unspecified atom stereocenters. The maximum Gasteiger partial charge on any atom is 0.114 e. The summed E-state index contributed by atoms with van der Waals surface area (Å²) in [7, 11) is 0. The lowest BCUT2D eigenvalue weighted by molar-refractivity contribution is 0.858. The Morgan fingerprint density at radius 1 is 1.47 bits per heavy atom. The van der Waals surface area contributed by atoms with Gasteiger partial charge in [0.2, 0.25) is 0 Å². The number of nitrogens with zero attached hydrogens (tertiary/aromatic N) is 2. The highest BCUT2D eigenvalue weighted by Crippen LogP contribution is 2.22. The lowest BCUT2D eigenvalue weighted by atomic mass is 10.3. The summed E-state index contributed by atoms with van der Waals surface area (Å²) in [5, 5.41) is 4.91. The minimum absolute atomic E-state index is 0.459. The Hall–Kier alpha value is -0.840. The first-order valence-electron chi connectivity index (χ1n) is 4.41. The summed E-state index contributed by atoms with van der Waals surface area (Å²) in [6.07, 6.45) is 1.74. The fourth-order valence-corrected chi connectivity index (χ4v) is 2.04. The second-order valence-corrected chi connectivity index (χ2v) is 4.24. The van der Waals surface area contributed by atoms with Crippen LogP contribution in [-0.4, -0.2) is 9.78 Å². The van der Waals surface area contributed by atoms with Crippen LogP contribution in [0.1, 0.15) is 5.56 Å². The van der Waals surface area contributed by atoms with Crippen LogP contribution in [-0.2, 0) is 6.54 Å². The average molecular weight is 287 g/mol. The molecule has 0 aliphatic rings. The fourth-order valence-electron chi connectivity index (χ4n) is 1.29. The largest absolute Gasteiger partial charge is 0.326 e. The Bertz CT molecular complexity index is 481. The van der Waals surface area contributed by atoms with Gasteiger partial charge in [-0.3, -0.25) is 0 Å². The maximum absolute atomic E-state index is 5.91. The van der Waals surface area contributed by atoms with Crippen molar-refractivity contribution in [3.63, 3.8) is 0 Å². The molecule has 1 heterocycles.